The molecule has 1 atom stereocenters. The molecule has 0 bridgehead atoms. The topological polar surface area (TPSA) is 35.5 Å². The summed E-state index contributed by atoms with van der Waals surface area (Å²) in [7, 11) is 2.13. The number of hydrogen-bond acceptors (Lipinski definition) is 3. The van der Waals surface area contributed by atoms with Crippen molar-refractivity contribution in [1.29, 1.82) is 0 Å². The van der Waals surface area contributed by atoms with Crippen LogP contribution < -0.4 is 5.32 Å². The molecule has 1 rings (SSSR count). The summed E-state index contributed by atoms with van der Waals surface area (Å²) in [5.74, 6) is 0. The van der Waals surface area contributed by atoms with Gasteiger partial charge in [0.1, 0.15) is 0 Å². The average molecular weight is 250 g/mol. The molecule has 3 heteroatoms. The number of aliphatic hydroxyl groups excluding tert-OH is 1. The molecular weight excluding hydrogens is 224 g/mol. The summed E-state index contributed by atoms with van der Waals surface area (Å²) in [6.07, 6.45) is 0.812. The minimum absolute atomic E-state index is 0.246. The Kier molecular flexibility index (Phi) is 6.94. The number of aliphatic hydroxyl groups is 1. The highest BCUT2D eigenvalue weighted by atomic mass is 16.3. The summed E-state index contributed by atoms with van der Waals surface area (Å²) in [6.45, 7) is 7.33. The van der Waals surface area contributed by atoms with Gasteiger partial charge in [-0.25, -0.2) is 0 Å². The molecule has 0 aromatic heterocycles. The third kappa shape index (κ3) is 5.63. The van der Waals surface area contributed by atoms with E-state index in [0.717, 1.165) is 26.1 Å². The number of nitrogens with zero attached hydrogens (tertiary/aromatic N) is 1. The van der Waals surface area contributed by atoms with E-state index in [2.05, 4.69) is 55.4 Å². The van der Waals surface area contributed by atoms with Crippen LogP contribution in [0.2, 0.25) is 0 Å². The normalized spacial score (nSPS) is 12.9. The first-order valence-corrected chi connectivity index (χ1v) is 6.74. The van der Waals surface area contributed by atoms with E-state index in [4.69, 9.17) is 5.11 Å². The van der Waals surface area contributed by atoms with Crippen molar-refractivity contribution < 1.29 is 5.11 Å². The summed E-state index contributed by atoms with van der Waals surface area (Å²) in [5, 5.41) is 12.5. The maximum atomic E-state index is 9.04. The number of aryl methyl sites for hydroxylation is 1. The van der Waals surface area contributed by atoms with Gasteiger partial charge in [0.15, 0.2) is 0 Å². The van der Waals surface area contributed by atoms with Gasteiger partial charge in [-0.15, -0.1) is 0 Å². The van der Waals surface area contributed by atoms with Gasteiger partial charge in [-0.05, 0) is 32.5 Å². The van der Waals surface area contributed by atoms with E-state index in [1.165, 1.54) is 11.1 Å². The minimum atomic E-state index is 0.246. The van der Waals surface area contributed by atoms with Crippen molar-refractivity contribution in [2.45, 2.75) is 32.9 Å². The van der Waals surface area contributed by atoms with Crippen molar-refractivity contribution in [1.82, 2.24) is 10.2 Å². The minimum Gasteiger partial charge on any atom is -0.396 e. The highest BCUT2D eigenvalue weighted by Gasteiger charge is 2.10. The van der Waals surface area contributed by atoms with E-state index >= 15 is 0 Å². The first-order chi connectivity index (χ1) is 8.65. The summed E-state index contributed by atoms with van der Waals surface area (Å²) in [6, 6.07) is 8.99. The van der Waals surface area contributed by atoms with Crippen LogP contribution in [0.3, 0.4) is 0 Å². The van der Waals surface area contributed by atoms with Crippen molar-refractivity contribution >= 4 is 0 Å². The largest absolute Gasteiger partial charge is 0.396 e. The molecule has 0 radical (unpaired) electrons. The second-order valence-corrected chi connectivity index (χ2v) is 4.95. The van der Waals surface area contributed by atoms with Crippen LogP contribution in [-0.2, 0) is 6.54 Å². The van der Waals surface area contributed by atoms with Crippen LogP contribution in [0, 0.1) is 6.92 Å². The van der Waals surface area contributed by atoms with E-state index < -0.39 is 0 Å². The average Bonchev–Trinajstić information content (AvgIpc) is 2.29. The van der Waals surface area contributed by atoms with Gasteiger partial charge in [0, 0.05) is 25.7 Å². The number of hydrogen-bond donors (Lipinski definition) is 2. The molecule has 0 spiro atoms. The summed E-state index contributed by atoms with van der Waals surface area (Å²) < 4.78 is 0. The quantitative estimate of drug-likeness (QED) is 0.738. The van der Waals surface area contributed by atoms with Crippen molar-refractivity contribution in [2.75, 3.05) is 26.7 Å². The smallest absolute Gasteiger partial charge is 0.0446 e. The highest BCUT2D eigenvalue weighted by Crippen LogP contribution is 2.07. The summed E-state index contributed by atoms with van der Waals surface area (Å²) in [5.41, 5.74) is 2.65. The first-order valence-electron chi connectivity index (χ1n) is 6.74. The van der Waals surface area contributed by atoms with Gasteiger partial charge in [-0.3, -0.25) is 0 Å². The third-order valence-electron chi connectivity index (χ3n) is 3.04. The Morgan fingerprint density at radius 3 is 2.78 bits per heavy atom. The zero-order valence-electron chi connectivity index (χ0n) is 11.8. The Balaban J connectivity index is 2.46. The van der Waals surface area contributed by atoms with Gasteiger partial charge in [0.05, 0.1) is 0 Å². The number of nitrogens with one attached hydrogen (secondary N) is 1. The Bertz CT molecular complexity index is 335. The second kappa shape index (κ2) is 8.25. The molecule has 0 aliphatic rings. The highest BCUT2D eigenvalue weighted by molar-refractivity contribution is 5.21. The molecule has 1 unspecified atom stereocenters. The van der Waals surface area contributed by atoms with Gasteiger partial charge < -0.3 is 15.3 Å². The molecule has 0 heterocycles. The second-order valence-electron chi connectivity index (χ2n) is 4.95. The maximum absolute atomic E-state index is 9.04. The lowest BCUT2D eigenvalue weighted by atomic mass is 10.1. The van der Waals surface area contributed by atoms with Crippen molar-refractivity contribution in [3.05, 3.63) is 35.4 Å². The maximum Gasteiger partial charge on any atom is 0.0446 e. The van der Waals surface area contributed by atoms with Crippen LogP contribution in [-0.4, -0.2) is 42.8 Å². The van der Waals surface area contributed by atoms with Crippen LogP contribution in [0.4, 0.5) is 0 Å². The molecule has 1 aromatic rings. The molecule has 0 amide bonds. The van der Waals surface area contributed by atoms with E-state index in [9.17, 15) is 0 Å². The number of rotatable bonds is 8. The van der Waals surface area contributed by atoms with Gasteiger partial charge in [0.25, 0.3) is 0 Å². The molecule has 0 aliphatic carbocycles. The monoisotopic (exact) mass is 250 g/mol. The van der Waals surface area contributed by atoms with E-state index in [-0.39, 0.29) is 6.61 Å². The molecule has 0 aliphatic heterocycles. The lowest BCUT2D eigenvalue weighted by molar-refractivity contribution is 0.227. The lowest BCUT2D eigenvalue weighted by Gasteiger charge is -2.24. The zero-order valence-corrected chi connectivity index (χ0v) is 11.8. The van der Waals surface area contributed by atoms with Crippen LogP contribution in [0.1, 0.15) is 24.5 Å². The Hall–Kier alpha value is -0.900. The first kappa shape index (κ1) is 15.2. The van der Waals surface area contributed by atoms with Gasteiger partial charge in [-0.1, -0.05) is 36.8 Å². The lowest BCUT2D eigenvalue weighted by Crippen LogP contribution is -2.39. The molecule has 102 valence electrons. The number of benzene rings is 1. The molecule has 3 nitrogen and oxygen atoms in total. The molecule has 2 N–H and O–H groups in total. The predicted octanol–water partition coefficient (Wildman–Crippen LogP) is 1.79. The fourth-order valence-corrected chi connectivity index (χ4v) is 2.27. The standard InChI is InChI=1S/C15H26N2O/c1-4-16-15(8-9-18)12-17(3)11-14-7-5-6-13(2)10-14/h5-7,10,15-16,18H,4,8-9,11-12H2,1-3H3. The molecule has 18 heavy (non-hydrogen) atoms. The summed E-state index contributed by atoms with van der Waals surface area (Å²) in [4.78, 5) is 2.30. The van der Waals surface area contributed by atoms with Gasteiger partial charge in [0.2, 0.25) is 0 Å². The molecule has 0 saturated heterocycles. The van der Waals surface area contributed by atoms with E-state index in [1.807, 2.05) is 0 Å². The van der Waals surface area contributed by atoms with Crippen molar-refractivity contribution in [2.24, 2.45) is 0 Å². The van der Waals surface area contributed by atoms with Crippen molar-refractivity contribution in [3.63, 3.8) is 0 Å². The zero-order chi connectivity index (χ0) is 13.4. The van der Waals surface area contributed by atoms with Crippen LogP contribution in [0.25, 0.3) is 0 Å². The SMILES string of the molecule is CCNC(CCO)CN(C)Cc1cccc(C)c1. The molecule has 0 saturated carbocycles. The van der Waals surface area contributed by atoms with Crippen LogP contribution in [0.5, 0.6) is 0 Å². The van der Waals surface area contributed by atoms with E-state index in [1.54, 1.807) is 0 Å². The van der Waals surface area contributed by atoms with Crippen LogP contribution in [0.15, 0.2) is 24.3 Å². The predicted molar refractivity (Wildman–Crippen MR) is 76.7 cm³/mol. The van der Waals surface area contributed by atoms with E-state index in [0.29, 0.717) is 6.04 Å². The molecule has 0 fully saturated rings. The van der Waals surface area contributed by atoms with Crippen molar-refractivity contribution in [3.8, 4) is 0 Å². The van der Waals surface area contributed by atoms with Gasteiger partial charge >= 0.3 is 0 Å². The Morgan fingerprint density at radius 2 is 2.17 bits per heavy atom. The Morgan fingerprint density at radius 1 is 1.39 bits per heavy atom. The molecule has 1 aromatic carbocycles. The fraction of sp³-hybridized carbons (Fsp3) is 0.600. The van der Waals surface area contributed by atoms with Crippen LogP contribution >= 0.6 is 0 Å². The number of likely N-dealkylation sites (N-methyl/N-ethyl adjacent to an activating group) is 2. The fourth-order valence-electron chi connectivity index (χ4n) is 2.27. The molecular formula is C15H26N2O. The van der Waals surface area contributed by atoms with Gasteiger partial charge in [-0.2, -0.15) is 0 Å². The third-order valence-corrected chi connectivity index (χ3v) is 3.04. The summed E-state index contributed by atoms with van der Waals surface area (Å²) >= 11 is 0. The Labute approximate surface area is 111 Å².